The summed E-state index contributed by atoms with van der Waals surface area (Å²) in [6.45, 7) is -1.07. The molecule has 40 heavy (non-hydrogen) atoms. The maximum atomic E-state index is 13.8. The van der Waals surface area contributed by atoms with Gasteiger partial charge in [-0.2, -0.15) is 8.78 Å². The minimum Gasteiger partial charge on any atom is -0.481 e. The number of aliphatic carboxylic acids is 1. The lowest BCUT2D eigenvalue weighted by Crippen LogP contribution is -2.52. The molecule has 2 heterocycles. The summed E-state index contributed by atoms with van der Waals surface area (Å²) < 4.78 is 64.6. The molecule has 0 aromatic heterocycles. The SMILES string of the molecule is O=C(O)C[C@H](NC(=O)C1CC2CCC(C1)N2C(=O)OCc1ccccc1)C(=O)COc1c(F)c(F)cc(F)c1F. The molecule has 0 radical (unpaired) electrons. The van der Waals surface area contributed by atoms with E-state index in [4.69, 9.17) is 4.74 Å². The molecule has 2 unspecified atom stereocenters. The van der Waals surface area contributed by atoms with Crippen molar-refractivity contribution in [2.75, 3.05) is 6.61 Å². The highest BCUT2D eigenvalue weighted by Gasteiger charge is 2.46. The van der Waals surface area contributed by atoms with E-state index in [1.54, 1.807) is 4.90 Å². The van der Waals surface area contributed by atoms with Crippen LogP contribution in [0.15, 0.2) is 36.4 Å². The van der Waals surface area contributed by atoms with Crippen LogP contribution in [-0.2, 0) is 25.7 Å². The van der Waals surface area contributed by atoms with E-state index in [0.717, 1.165) is 5.56 Å². The Morgan fingerprint density at radius 3 is 2.15 bits per heavy atom. The van der Waals surface area contributed by atoms with E-state index in [1.165, 1.54) is 0 Å². The van der Waals surface area contributed by atoms with Gasteiger partial charge in [-0.1, -0.05) is 30.3 Å². The molecule has 2 saturated heterocycles. The van der Waals surface area contributed by atoms with E-state index in [1.807, 2.05) is 30.3 Å². The molecule has 0 saturated carbocycles. The van der Waals surface area contributed by atoms with Crippen molar-refractivity contribution in [3.05, 3.63) is 65.2 Å². The molecule has 2 fully saturated rings. The van der Waals surface area contributed by atoms with Gasteiger partial charge in [-0.25, -0.2) is 13.6 Å². The lowest BCUT2D eigenvalue weighted by atomic mass is 9.89. The Bertz CT molecular complexity index is 1250. The summed E-state index contributed by atoms with van der Waals surface area (Å²) in [4.78, 5) is 51.3. The monoisotopic (exact) mass is 566 g/mol. The van der Waals surface area contributed by atoms with Gasteiger partial charge in [0.15, 0.2) is 23.2 Å². The quantitative estimate of drug-likeness (QED) is 0.332. The summed E-state index contributed by atoms with van der Waals surface area (Å²) in [6, 6.07) is 6.88. The zero-order chi connectivity index (χ0) is 29.0. The zero-order valence-electron chi connectivity index (χ0n) is 21.1. The predicted octanol–water partition coefficient (Wildman–Crippen LogP) is 3.73. The molecule has 2 N–H and O–H groups in total. The molecule has 4 rings (SSSR count). The average Bonchev–Trinajstić information content (AvgIpc) is 3.19. The van der Waals surface area contributed by atoms with E-state index in [0.29, 0.717) is 12.8 Å². The Morgan fingerprint density at radius 2 is 1.57 bits per heavy atom. The minimum atomic E-state index is -1.87. The number of ether oxygens (including phenoxy) is 2. The largest absolute Gasteiger partial charge is 0.481 e. The van der Waals surface area contributed by atoms with Gasteiger partial charge >= 0.3 is 12.1 Å². The number of benzene rings is 2. The van der Waals surface area contributed by atoms with Crippen LogP contribution in [0.4, 0.5) is 22.4 Å². The number of carbonyl (C=O) groups excluding carboxylic acids is 3. The topological polar surface area (TPSA) is 122 Å². The first-order chi connectivity index (χ1) is 19.0. The van der Waals surface area contributed by atoms with Gasteiger partial charge in [0, 0.05) is 24.1 Å². The van der Waals surface area contributed by atoms with Crippen molar-refractivity contribution in [2.45, 2.75) is 56.8 Å². The van der Waals surface area contributed by atoms with Crippen molar-refractivity contribution >= 4 is 23.8 Å². The van der Waals surface area contributed by atoms with E-state index < -0.39 is 77.8 Å². The Morgan fingerprint density at radius 1 is 0.975 bits per heavy atom. The third-order valence-electron chi connectivity index (χ3n) is 7.03. The fourth-order valence-corrected chi connectivity index (χ4v) is 5.11. The van der Waals surface area contributed by atoms with Gasteiger partial charge in [0.1, 0.15) is 19.3 Å². The molecular formula is C27H26F4N2O7. The first-order valence-corrected chi connectivity index (χ1v) is 12.5. The van der Waals surface area contributed by atoms with Crippen LogP contribution in [0.3, 0.4) is 0 Å². The number of carbonyl (C=O) groups is 4. The van der Waals surface area contributed by atoms with Crippen LogP contribution in [0.25, 0.3) is 0 Å². The second kappa shape index (κ2) is 12.3. The highest BCUT2D eigenvalue weighted by atomic mass is 19.2. The van der Waals surface area contributed by atoms with Crippen molar-refractivity contribution in [2.24, 2.45) is 5.92 Å². The summed E-state index contributed by atoms with van der Waals surface area (Å²) >= 11 is 0. The number of ketones is 1. The molecular weight excluding hydrogens is 540 g/mol. The van der Waals surface area contributed by atoms with Crippen molar-refractivity contribution in [3.63, 3.8) is 0 Å². The molecule has 13 heteroatoms. The highest BCUT2D eigenvalue weighted by Crippen LogP contribution is 2.39. The number of rotatable bonds is 10. The van der Waals surface area contributed by atoms with Gasteiger partial charge in [-0.15, -0.1) is 0 Å². The van der Waals surface area contributed by atoms with Gasteiger partial charge in [0.05, 0.1) is 6.42 Å². The standard InChI is InChI=1S/C27H26F4N2O7/c28-18-10-19(29)24(31)25(23(18)30)39-13-21(34)20(11-22(35)36)32-26(37)15-8-16-6-7-17(9-15)33(16)27(38)40-12-14-4-2-1-3-5-14/h1-5,10,15-17,20H,6-9,11-13H2,(H,32,37)(H,35,36)/t15?,16?,17?,20-/m0/s1. The van der Waals surface area contributed by atoms with E-state index in [2.05, 4.69) is 10.1 Å². The molecule has 0 spiro atoms. The molecule has 2 aliphatic heterocycles. The number of Topliss-reactive ketones (excluding diaryl/α,β-unsaturated/α-hetero) is 1. The van der Waals surface area contributed by atoms with Crippen molar-refractivity contribution in [1.29, 1.82) is 0 Å². The summed E-state index contributed by atoms with van der Waals surface area (Å²) in [5, 5.41) is 11.5. The number of amides is 2. The van der Waals surface area contributed by atoms with E-state index >= 15 is 0 Å². The van der Waals surface area contributed by atoms with E-state index in [9.17, 15) is 41.8 Å². The lowest BCUT2D eigenvalue weighted by Gasteiger charge is -2.37. The first kappa shape index (κ1) is 28.8. The second-order valence-electron chi connectivity index (χ2n) is 9.71. The zero-order valence-corrected chi connectivity index (χ0v) is 21.1. The predicted molar refractivity (Wildman–Crippen MR) is 129 cm³/mol. The summed E-state index contributed by atoms with van der Waals surface area (Å²) in [5.74, 6) is -12.5. The highest BCUT2D eigenvalue weighted by molar-refractivity contribution is 5.93. The molecule has 2 aliphatic rings. The number of nitrogens with one attached hydrogen (secondary N) is 1. The smallest absolute Gasteiger partial charge is 0.410 e. The molecule has 3 atom stereocenters. The van der Waals surface area contributed by atoms with Crippen molar-refractivity contribution in [3.8, 4) is 5.75 Å². The Kier molecular flexibility index (Phi) is 8.90. The molecule has 2 amide bonds. The van der Waals surface area contributed by atoms with Crippen molar-refractivity contribution < 1.29 is 51.3 Å². The van der Waals surface area contributed by atoms with Crippen LogP contribution in [0.2, 0.25) is 0 Å². The van der Waals surface area contributed by atoms with Crippen LogP contribution in [-0.4, -0.2) is 58.5 Å². The van der Waals surface area contributed by atoms with Gasteiger partial charge in [-0.3, -0.25) is 14.4 Å². The number of carboxylic acid groups (broad SMARTS) is 1. The molecule has 2 bridgehead atoms. The third kappa shape index (κ3) is 6.52. The number of piperidine rings is 1. The Balaban J connectivity index is 1.36. The number of halogens is 4. The molecule has 2 aromatic rings. The van der Waals surface area contributed by atoms with Gasteiger partial charge < -0.3 is 24.8 Å². The number of hydrogen-bond donors (Lipinski definition) is 2. The fourth-order valence-electron chi connectivity index (χ4n) is 5.11. The van der Waals surface area contributed by atoms with Crippen LogP contribution in [0, 0.1) is 29.2 Å². The summed E-state index contributed by atoms with van der Waals surface area (Å²) in [6.07, 6.45) is 0.426. The number of fused-ring (bicyclic) bond motifs is 2. The fraction of sp³-hybridized carbons (Fsp3) is 0.407. The van der Waals surface area contributed by atoms with Gasteiger partial charge in [-0.05, 0) is 31.2 Å². The van der Waals surface area contributed by atoms with Crippen LogP contribution < -0.4 is 10.1 Å². The van der Waals surface area contributed by atoms with E-state index in [-0.39, 0.29) is 37.6 Å². The lowest BCUT2D eigenvalue weighted by molar-refractivity contribution is -0.141. The van der Waals surface area contributed by atoms with Crippen LogP contribution in [0.1, 0.15) is 37.7 Å². The number of nitrogens with zero attached hydrogens (tertiary/aromatic N) is 1. The third-order valence-corrected chi connectivity index (χ3v) is 7.03. The number of hydrogen-bond acceptors (Lipinski definition) is 6. The summed E-state index contributed by atoms with van der Waals surface area (Å²) in [7, 11) is 0. The average molecular weight is 567 g/mol. The molecule has 214 valence electrons. The van der Waals surface area contributed by atoms with Crippen LogP contribution >= 0.6 is 0 Å². The molecule has 9 nitrogen and oxygen atoms in total. The maximum absolute atomic E-state index is 13.8. The van der Waals surface area contributed by atoms with Gasteiger partial charge in [0.2, 0.25) is 17.5 Å². The normalized spacial score (nSPS) is 20.5. The summed E-state index contributed by atoms with van der Waals surface area (Å²) in [5.41, 5.74) is 0.823. The maximum Gasteiger partial charge on any atom is 0.410 e. The second-order valence-corrected chi connectivity index (χ2v) is 9.71. The number of carboxylic acids is 1. The molecule has 0 aliphatic carbocycles. The first-order valence-electron chi connectivity index (χ1n) is 12.5. The van der Waals surface area contributed by atoms with Crippen molar-refractivity contribution in [1.82, 2.24) is 10.2 Å². The minimum absolute atomic E-state index is 0.0335. The Labute approximate surface area is 226 Å². The van der Waals surface area contributed by atoms with Crippen LogP contribution in [0.5, 0.6) is 5.75 Å². The Hall–Kier alpha value is -4.16. The molecule has 2 aromatic carbocycles. The van der Waals surface area contributed by atoms with Gasteiger partial charge in [0.25, 0.3) is 0 Å².